The molecule has 0 bridgehead atoms. The van der Waals surface area contributed by atoms with Gasteiger partial charge in [0.25, 0.3) is 11.8 Å². The van der Waals surface area contributed by atoms with Gasteiger partial charge in [0, 0.05) is 24.2 Å². The Kier molecular flexibility index (Phi) is 7.37. The van der Waals surface area contributed by atoms with Crippen LogP contribution in [0.2, 0.25) is 0 Å². The van der Waals surface area contributed by atoms with Crippen molar-refractivity contribution in [1.82, 2.24) is 4.90 Å². The zero-order valence-corrected chi connectivity index (χ0v) is 21.7. The normalized spacial score (nSPS) is 18.8. The second-order valence-electron chi connectivity index (χ2n) is 9.27. The Morgan fingerprint density at radius 3 is 2.61 bits per heavy atom. The summed E-state index contributed by atoms with van der Waals surface area (Å²) in [5, 5.41) is 0. The number of nitrogens with zero attached hydrogens (tertiary/aromatic N) is 2. The van der Waals surface area contributed by atoms with E-state index in [2.05, 4.69) is 0 Å². The van der Waals surface area contributed by atoms with Gasteiger partial charge in [0.15, 0.2) is 0 Å². The van der Waals surface area contributed by atoms with E-state index in [0.717, 1.165) is 0 Å². The van der Waals surface area contributed by atoms with Gasteiger partial charge in [-0.2, -0.15) is 0 Å². The van der Waals surface area contributed by atoms with Crippen LogP contribution in [0.3, 0.4) is 0 Å². The minimum atomic E-state index is -1.70. The smallest absolute Gasteiger partial charge is 0.310 e. The Morgan fingerprint density at radius 1 is 1.05 bits per heavy atom. The van der Waals surface area contributed by atoms with Crippen molar-refractivity contribution in [2.75, 3.05) is 24.6 Å². The summed E-state index contributed by atoms with van der Waals surface area (Å²) in [6, 6.07) is 17.5. The topological polar surface area (TPSA) is 84.0 Å². The van der Waals surface area contributed by atoms with Gasteiger partial charge in [0.1, 0.15) is 5.82 Å². The van der Waals surface area contributed by atoms with Crippen molar-refractivity contribution < 1.29 is 27.7 Å². The fraction of sp³-hybridized carbons (Fsp3) is 0.276. The minimum Gasteiger partial charge on any atom is -0.466 e. The molecule has 3 aromatic rings. The van der Waals surface area contributed by atoms with Gasteiger partial charge in [0.05, 0.1) is 50.9 Å². The Balaban J connectivity index is 1.54. The lowest BCUT2D eigenvalue weighted by molar-refractivity contribution is -0.149. The molecule has 0 aliphatic carbocycles. The molecule has 3 aromatic carbocycles. The highest BCUT2D eigenvalue weighted by Crippen LogP contribution is 2.36. The van der Waals surface area contributed by atoms with Crippen molar-refractivity contribution in [1.29, 1.82) is 0 Å². The Labute approximate surface area is 222 Å². The molecule has 2 unspecified atom stereocenters. The molecule has 0 aromatic heterocycles. The molecule has 0 radical (unpaired) electrons. The molecule has 1 saturated heterocycles. The Hall–Kier alpha value is -3.85. The number of carbonyl (C=O) groups is 3. The van der Waals surface area contributed by atoms with Crippen molar-refractivity contribution in [3.63, 3.8) is 0 Å². The fourth-order valence-corrected chi connectivity index (χ4v) is 6.29. The first kappa shape index (κ1) is 25.8. The van der Waals surface area contributed by atoms with Gasteiger partial charge < -0.3 is 14.5 Å². The fourth-order valence-electron chi connectivity index (χ4n) is 4.95. The van der Waals surface area contributed by atoms with E-state index in [1.807, 2.05) is 0 Å². The zero-order valence-electron chi connectivity index (χ0n) is 20.9. The van der Waals surface area contributed by atoms with Crippen LogP contribution in [0, 0.1) is 11.7 Å². The van der Waals surface area contributed by atoms with E-state index in [1.165, 1.54) is 11.0 Å². The van der Waals surface area contributed by atoms with Crippen LogP contribution in [0.25, 0.3) is 0 Å². The highest BCUT2D eigenvalue weighted by atomic mass is 32.2. The third-order valence-electron chi connectivity index (χ3n) is 6.87. The number of fused-ring (bicyclic) bond motifs is 2. The second-order valence-corrected chi connectivity index (χ2v) is 10.7. The van der Waals surface area contributed by atoms with Crippen molar-refractivity contribution >= 4 is 34.3 Å². The predicted molar refractivity (Wildman–Crippen MR) is 140 cm³/mol. The molecule has 0 saturated carbocycles. The third-order valence-corrected chi connectivity index (χ3v) is 8.37. The van der Waals surface area contributed by atoms with E-state index in [1.54, 1.807) is 72.5 Å². The Morgan fingerprint density at radius 2 is 1.82 bits per heavy atom. The van der Waals surface area contributed by atoms with Crippen molar-refractivity contribution in [2.45, 2.75) is 36.1 Å². The van der Waals surface area contributed by atoms with Crippen LogP contribution in [0.15, 0.2) is 76.5 Å². The summed E-state index contributed by atoms with van der Waals surface area (Å²) >= 11 is 0. The van der Waals surface area contributed by atoms with E-state index in [9.17, 15) is 23.0 Å². The molecule has 2 atom stereocenters. The summed E-state index contributed by atoms with van der Waals surface area (Å²) in [5.74, 6) is -1.91. The number of rotatable bonds is 5. The molecule has 2 aliphatic rings. The lowest BCUT2D eigenvalue weighted by Gasteiger charge is -2.32. The van der Waals surface area contributed by atoms with Crippen LogP contribution in [0.5, 0.6) is 0 Å². The van der Waals surface area contributed by atoms with E-state index >= 15 is 0 Å². The number of anilines is 1. The number of benzene rings is 3. The summed E-state index contributed by atoms with van der Waals surface area (Å²) in [7, 11) is -1.70. The van der Waals surface area contributed by atoms with Gasteiger partial charge in [-0.25, -0.2) is 8.60 Å². The van der Waals surface area contributed by atoms with Crippen LogP contribution in [-0.4, -0.2) is 46.6 Å². The monoisotopic (exact) mass is 534 g/mol. The van der Waals surface area contributed by atoms with Crippen molar-refractivity contribution in [3.8, 4) is 0 Å². The number of amides is 2. The summed E-state index contributed by atoms with van der Waals surface area (Å²) in [5.41, 5.74) is 1.14. The first-order valence-electron chi connectivity index (χ1n) is 12.5. The molecule has 7 nitrogen and oxygen atoms in total. The van der Waals surface area contributed by atoms with Gasteiger partial charge in [0.2, 0.25) is 0 Å². The second kappa shape index (κ2) is 10.9. The summed E-state index contributed by atoms with van der Waals surface area (Å²) in [6.07, 6.45) is 1.31. The minimum absolute atomic E-state index is 0.101. The molecule has 2 aliphatic heterocycles. The van der Waals surface area contributed by atoms with E-state index in [-0.39, 0.29) is 42.8 Å². The van der Waals surface area contributed by atoms with Gasteiger partial charge in [-0.3, -0.25) is 14.4 Å². The number of carbonyl (C=O) groups excluding carboxylic acids is 3. The highest BCUT2D eigenvalue weighted by molar-refractivity contribution is 7.85. The molecule has 0 N–H and O–H groups in total. The molecule has 0 spiro atoms. The van der Waals surface area contributed by atoms with E-state index in [4.69, 9.17) is 4.74 Å². The van der Waals surface area contributed by atoms with Crippen LogP contribution >= 0.6 is 0 Å². The third kappa shape index (κ3) is 4.86. The molecule has 9 heteroatoms. The molecule has 196 valence electrons. The molecule has 5 rings (SSSR count). The molecular weight excluding hydrogens is 507 g/mol. The van der Waals surface area contributed by atoms with E-state index in [0.29, 0.717) is 40.3 Å². The van der Waals surface area contributed by atoms with Crippen LogP contribution in [0.4, 0.5) is 10.1 Å². The zero-order chi connectivity index (χ0) is 26.8. The molecular formula is C29H27FN2O5S. The Bertz CT molecular complexity index is 1440. The average Bonchev–Trinajstić information content (AvgIpc) is 3.03. The van der Waals surface area contributed by atoms with Crippen LogP contribution < -0.4 is 4.90 Å². The van der Waals surface area contributed by atoms with Crippen molar-refractivity contribution in [3.05, 3.63) is 89.2 Å². The summed E-state index contributed by atoms with van der Waals surface area (Å²) < 4.78 is 33.4. The number of hydrogen-bond acceptors (Lipinski definition) is 5. The first-order valence-corrected chi connectivity index (χ1v) is 13.7. The number of likely N-dealkylation sites (tertiary alicyclic amines) is 1. The number of piperidine rings is 1. The van der Waals surface area contributed by atoms with Crippen molar-refractivity contribution in [2.24, 2.45) is 5.92 Å². The van der Waals surface area contributed by atoms with Crippen LogP contribution in [0.1, 0.15) is 46.0 Å². The van der Waals surface area contributed by atoms with Gasteiger partial charge in [-0.05, 0) is 56.2 Å². The predicted octanol–water partition coefficient (Wildman–Crippen LogP) is 4.57. The molecule has 2 heterocycles. The summed E-state index contributed by atoms with van der Waals surface area (Å²) in [4.78, 5) is 43.3. The average molecular weight is 535 g/mol. The van der Waals surface area contributed by atoms with Crippen LogP contribution in [-0.2, 0) is 26.9 Å². The standard InChI is InChI=1S/C29H27FN2O5S/c1-2-37-29(35)21-9-7-15-31(17-21)27(33)19-13-14-26-24(16-19)32(18-20-8-3-5-11-23(20)30)28(34)22-10-4-6-12-25(22)38(26)36/h3-6,8,10-14,16,21H,2,7,9,15,17-18H2,1H3. The molecule has 2 amide bonds. The maximum Gasteiger partial charge on any atom is 0.310 e. The van der Waals surface area contributed by atoms with Gasteiger partial charge in [-0.1, -0.05) is 30.3 Å². The van der Waals surface area contributed by atoms with E-state index < -0.39 is 28.4 Å². The molecule has 38 heavy (non-hydrogen) atoms. The largest absolute Gasteiger partial charge is 0.466 e. The lowest BCUT2D eigenvalue weighted by atomic mass is 9.97. The number of halogens is 1. The quantitative estimate of drug-likeness (QED) is 0.448. The molecule has 1 fully saturated rings. The number of esters is 1. The maximum absolute atomic E-state index is 14.6. The number of ether oxygens (including phenoxy) is 1. The van der Waals surface area contributed by atoms with Gasteiger partial charge in [-0.15, -0.1) is 0 Å². The number of hydrogen-bond donors (Lipinski definition) is 0. The van der Waals surface area contributed by atoms with Gasteiger partial charge >= 0.3 is 5.97 Å². The summed E-state index contributed by atoms with van der Waals surface area (Å²) in [6.45, 7) is 2.65. The first-order chi connectivity index (χ1) is 18.4. The highest BCUT2D eigenvalue weighted by Gasteiger charge is 2.34. The maximum atomic E-state index is 14.6. The lowest BCUT2D eigenvalue weighted by Crippen LogP contribution is -2.43. The SMILES string of the molecule is CCOC(=O)C1CCCN(C(=O)c2ccc3c(c2)N(Cc2ccccc2F)C(=O)c2ccccc2S3=O)C1.